The van der Waals surface area contributed by atoms with Crippen LogP contribution in [0.1, 0.15) is 19.4 Å². The van der Waals surface area contributed by atoms with Gasteiger partial charge in [0.2, 0.25) is 0 Å². The Morgan fingerprint density at radius 1 is 1.44 bits per heavy atom. The molecule has 0 aliphatic heterocycles. The second-order valence-corrected chi connectivity index (χ2v) is 5.77. The molecule has 0 aliphatic carbocycles. The molecule has 1 rings (SSSR count). The summed E-state index contributed by atoms with van der Waals surface area (Å²) in [5.74, 6) is 0.387. The monoisotopic (exact) mass is 307 g/mol. The molecule has 0 radical (unpaired) electrons. The van der Waals surface area contributed by atoms with Crippen molar-refractivity contribution in [2.45, 2.75) is 20.4 Å². The standard InChI is InChI=1S/C12H16BrClFN/c1-12(2,7-14)8-16-6-9-3-4-11(15)10(13)5-9/h3-5,16H,6-8H2,1-2H3. The van der Waals surface area contributed by atoms with Crippen molar-refractivity contribution in [1.82, 2.24) is 5.32 Å². The van der Waals surface area contributed by atoms with Gasteiger partial charge >= 0.3 is 0 Å². The second kappa shape index (κ2) is 5.99. The molecule has 0 unspecified atom stereocenters. The molecule has 1 N–H and O–H groups in total. The summed E-state index contributed by atoms with van der Waals surface area (Å²) in [6.07, 6.45) is 0. The van der Waals surface area contributed by atoms with Crippen molar-refractivity contribution in [2.75, 3.05) is 12.4 Å². The number of hydrogen-bond acceptors (Lipinski definition) is 1. The minimum atomic E-state index is -0.232. The highest BCUT2D eigenvalue weighted by Crippen LogP contribution is 2.18. The predicted octanol–water partition coefficient (Wildman–Crippen LogP) is 3.94. The maximum Gasteiger partial charge on any atom is 0.137 e. The lowest BCUT2D eigenvalue weighted by Gasteiger charge is -2.21. The van der Waals surface area contributed by atoms with Gasteiger partial charge in [0.05, 0.1) is 4.47 Å². The molecular formula is C12H16BrClFN. The summed E-state index contributed by atoms with van der Waals surface area (Å²) in [6, 6.07) is 5.03. The summed E-state index contributed by atoms with van der Waals surface area (Å²) in [5, 5.41) is 3.31. The van der Waals surface area contributed by atoms with Crippen molar-refractivity contribution >= 4 is 27.5 Å². The maximum absolute atomic E-state index is 13.0. The van der Waals surface area contributed by atoms with Gasteiger partial charge in [0, 0.05) is 19.0 Å². The number of rotatable bonds is 5. The zero-order valence-corrected chi connectivity index (χ0v) is 11.8. The van der Waals surface area contributed by atoms with Crippen LogP contribution in [0, 0.1) is 11.2 Å². The molecule has 1 aromatic carbocycles. The first-order valence-corrected chi connectivity index (χ1v) is 6.48. The molecule has 16 heavy (non-hydrogen) atoms. The first-order valence-electron chi connectivity index (χ1n) is 5.15. The number of nitrogens with one attached hydrogen (secondary N) is 1. The van der Waals surface area contributed by atoms with Crippen LogP contribution in [0.4, 0.5) is 4.39 Å². The van der Waals surface area contributed by atoms with Gasteiger partial charge in [-0.3, -0.25) is 0 Å². The van der Waals surface area contributed by atoms with Gasteiger partial charge in [-0.05, 0) is 39.0 Å². The highest BCUT2D eigenvalue weighted by molar-refractivity contribution is 9.10. The molecule has 1 aromatic rings. The average Bonchev–Trinajstić information content (AvgIpc) is 2.23. The Labute approximate surface area is 110 Å². The van der Waals surface area contributed by atoms with Gasteiger partial charge < -0.3 is 5.32 Å². The molecule has 0 heterocycles. The minimum Gasteiger partial charge on any atom is -0.312 e. The fourth-order valence-electron chi connectivity index (χ4n) is 1.24. The van der Waals surface area contributed by atoms with Crippen LogP contribution in [0.25, 0.3) is 0 Å². The number of hydrogen-bond donors (Lipinski definition) is 1. The van der Waals surface area contributed by atoms with E-state index in [0.29, 0.717) is 10.4 Å². The van der Waals surface area contributed by atoms with E-state index in [9.17, 15) is 4.39 Å². The van der Waals surface area contributed by atoms with E-state index in [4.69, 9.17) is 11.6 Å². The highest BCUT2D eigenvalue weighted by atomic mass is 79.9. The third-order valence-corrected chi connectivity index (χ3v) is 3.61. The summed E-state index contributed by atoms with van der Waals surface area (Å²) in [4.78, 5) is 0. The van der Waals surface area contributed by atoms with Crippen LogP contribution in [0.3, 0.4) is 0 Å². The third kappa shape index (κ3) is 4.40. The Hall–Kier alpha value is -0.120. The molecule has 0 fully saturated rings. The van der Waals surface area contributed by atoms with E-state index >= 15 is 0 Å². The van der Waals surface area contributed by atoms with E-state index in [1.807, 2.05) is 0 Å². The molecule has 0 spiro atoms. The highest BCUT2D eigenvalue weighted by Gasteiger charge is 2.15. The molecule has 0 saturated heterocycles. The Bertz CT molecular complexity index is 355. The Balaban J connectivity index is 2.46. The van der Waals surface area contributed by atoms with Gasteiger partial charge in [-0.25, -0.2) is 4.39 Å². The second-order valence-electron chi connectivity index (χ2n) is 4.65. The first kappa shape index (κ1) is 13.9. The summed E-state index contributed by atoms with van der Waals surface area (Å²) in [6.45, 7) is 5.77. The van der Waals surface area contributed by atoms with Gasteiger partial charge in [-0.2, -0.15) is 0 Å². The molecule has 0 saturated carbocycles. The van der Waals surface area contributed by atoms with Crippen LogP contribution in [0.15, 0.2) is 22.7 Å². The Morgan fingerprint density at radius 3 is 2.69 bits per heavy atom. The van der Waals surface area contributed by atoms with Gasteiger partial charge in [0.25, 0.3) is 0 Å². The van der Waals surface area contributed by atoms with E-state index in [1.54, 1.807) is 12.1 Å². The van der Waals surface area contributed by atoms with Gasteiger partial charge in [0.15, 0.2) is 0 Å². The topological polar surface area (TPSA) is 12.0 Å². The lowest BCUT2D eigenvalue weighted by molar-refractivity contribution is 0.385. The molecule has 0 aromatic heterocycles. The zero-order chi connectivity index (χ0) is 12.2. The molecule has 90 valence electrons. The van der Waals surface area contributed by atoms with Gasteiger partial charge in [-0.15, -0.1) is 11.6 Å². The van der Waals surface area contributed by atoms with Crippen LogP contribution in [-0.4, -0.2) is 12.4 Å². The lowest BCUT2D eigenvalue weighted by atomic mass is 9.96. The number of benzene rings is 1. The molecule has 0 bridgehead atoms. The summed E-state index contributed by atoms with van der Waals surface area (Å²) in [5.41, 5.74) is 1.14. The number of halogens is 3. The maximum atomic E-state index is 13.0. The van der Waals surface area contributed by atoms with Crippen LogP contribution >= 0.6 is 27.5 Å². The Kier molecular flexibility index (Phi) is 5.22. The van der Waals surface area contributed by atoms with E-state index < -0.39 is 0 Å². The van der Waals surface area contributed by atoms with Crippen LogP contribution in [0.2, 0.25) is 0 Å². The van der Waals surface area contributed by atoms with Crippen LogP contribution in [-0.2, 0) is 6.54 Å². The lowest BCUT2D eigenvalue weighted by Crippen LogP contribution is -2.30. The zero-order valence-electron chi connectivity index (χ0n) is 9.49. The summed E-state index contributed by atoms with van der Waals surface area (Å²) < 4.78 is 13.5. The summed E-state index contributed by atoms with van der Waals surface area (Å²) in [7, 11) is 0. The quantitative estimate of drug-likeness (QED) is 0.812. The third-order valence-electron chi connectivity index (χ3n) is 2.28. The normalized spacial score (nSPS) is 11.8. The molecule has 1 nitrogen and oxygen atoms in total. The van der Waals surface area contributed by atoms with E-state index in [2.05, 4.69) is 35.1 Å². The van der Waals surface area contributed by atoms with Crippen LogP contribution < -0.4 is 5.32 Å². The van der Waals surface area contributed by atoms with E-state index in [0.717, 1.165) is 18.7 Å². The van der Waals surface area contributed by atoms with Crippen molar-refractivity contribution in [1.29, 1.82) is 0 Å². The SMILES string of the molecule is CC(C)(CCl)CNCc1ccc(F)c(Br)c1. The fourth-order valence-corrected chi connectivity index (χ4v) is 1.76. The Morgan fingerprint density at radius 2 is 2.12 bits per heavy atom. The molecule has 4 heteroatoms. The van der Waals surface area contributed by atoms with E-state index in [-0.39, 0.29) is 11.2 Å². The molecule has 0 aliphatic rings. The molecule has 0 amide bonds. The van der Waals surface area contributed by atoms with Crippen molar-refractivity contribution in [3.05, 3.63) is 34.1 Å². The van der Waals surface area contributed by atoms with Crippen molar-refractivity contribution in [2.24, 2.45) is 5.41 Å². The summed E-state index contributed by atoms with van der Waals surface area (Å²) >= 11 is 8.99. The average molecular weight is 309 g/mol. The van der Waals surface area contributed by atoms with E-state index in [1.165, 1.54) is 6.07 Å². The smallest absolute Gasteiger partial charge is 0.137 e. The largest absolute Gasteiger partial charge is 0.312 e. The number of alkyl halides is 1. The van der Waals surface area contributed by atoms with Crippen LogP contribution in [0.5, 0.6) is 0 Å². The van der Waals surface area contributed by atoms with Crippen molar-refractivity contribution in [3.8, 4) is 0 Å². The fraction of sp³-hybridized carbons (Fsp3) is 0.500. The minimum absolute atomic E-state index is 0.0822. The van der Waals surface area contributed by atoms with Crippen molar-refractivity contribution in [3.63, 3.8) is 0 Å². The molecular weight excluding hydrogens is 292 g/mol. The first-order chi connectivity index (χ1) is 7.44. The van der Waals surface area contributed by atoms with Crippen molar-refractivity contribution < 1.29 is 4.39 Å². The van der Waals surface area contributed by atoms with Gasteiger partial charge in [0.1, 0.15) is 5.82 Å². The molecule has 0 atom stereocenters. The van der Waals surface area contributed by atoms with Gasteiger partial charge in [-0.1, -0.05) is 19.9 Å². The predicted molar refractivity (Wildman–Crippen MR) is 70.3 cm³/mol.